The molecule has 2 aliphatic rings. The molecule has 0 aromatic carbocycles. The molecule has 1 amide bonds. The fourth-order valence-corrected chi connectivity index (χ4v) is 5.38. The molecule has 2 fully saturated rings. The quantitative estimate of drug-likeness (QED) is 0.740. The average Bonchev–Trinajstić information content (AvgIpc) is 2.67. The number of nitrogens with one attached hydrogen (secondary N) is 1. The maximum absolute atomic E-state index is 13.6. The molecular formula is C20H29F2N3O3S. The van der Waals surface area contributed by atoms with Crippen molar-refractivity contribution >= 4 is 21.6 Å². The summed E-state index contributed by atoms with van der Waals surface area (Å²) < 4.78 is 50.2. The van der Waals surface area contributed by atoms with Crippen LogP contribution in [0.5, 0.6) is 0 Å². The summed E-state index contributed by atoms with van der Waals surface area (Å²) in [5.74, 6) is -2.40. The highest BCUT2D eigenvalue weighted by Gasteiger charge is 2.43. The van der Waals surface area contributed by atoms with Crippen LogP contribution in [0.1, 0.15) is 58.3 Å². The molecule has 162 valence electrons. The third-order valence-electron chi connectivity index (χ3n) is 6.59. The van der Waals surface area contributed by atoms with E-state index in [0.29, 0.717) is 24.4 Å². The largest absolute Gasteiger partial charge is 0.326 e. The molecule has 3 atom stereocenters. The molecule has 3 N–H and O–H groups in total. The fourth-order valence-electron chi connectivity index (χ4n) is 4.89. The molecule has 0 spiro atoms. The Bertz CT molecular complexity index is 837. The number of alkyl halides is 2. The summed E-state index contributed by atoms with van der Waals surface area (Å²) in [4.78, 5) is 16.8. The summed E-state index contributed by atoms with van der Waals surface area (Å²) in [5.41, 5.74) is 0.321. The lowest BCUT2D eigenvalue weighted by molar-refractivity contribution is -0.125. The van der Waals surface area contributed by atoms with Crippen molar-refractivity contribution in [3.63, 3.8) is 0 Å². The number of sulfonamides is 1. The Hall–Kier alpha value is -1.61. The van der Waals surface area contributed by atoms with Crippen molar-refractivity contribution in [2.24, 2.45) is 28.8 Å². The summed E-state index contributed by atoms with van der Waals surface area (Å²) >= 11 is 0. The van der Waals surface area contributed by atoms with Gasteiger partial charge in [0.15, 0.2) is 5.03 Å². The zero-order chi connectivity index (χ0) is 21.2. The van der Waals surface area contributed by atoms with Crippen LogP contribution >= 0.6 is 0 Å². The highest BCUT2D eigenvalue weighted by atomic mass is 32.2. The zero-order valence-corrected chi connectivity index (χ0v) is 17.4. The fraction of sp³-hybridized carbons (Fsp3) is 0.700. The van der Waals surface area contributed by atoms with Crippen molar-refractivity contribution in [2.75, 3.05) is 5.32 Å². The van der Waals surface area contributed by atoms with Gasteiger partial charge in [0.05, 0.1) is 0 Å². The van der Waals surface area contributed by atoms with E-state index in [9.17, 15) is 22.0 Å². The number of rotatable bonds is 5. The molecule has 1 unspecified atom stereocenters. The summed E-state index contributed by atoms with van der Waals surface area (Å²) in [5, 5.41) is 7.61. The van der Waals surface area contributed by atoms with E-state index in [2.05, 4.69) is 17.2 Å². The number of amides is 1. The molecule has 0 saturated heterocycles. The number of carbonyl (C=O) groups excluding carboxylic acids is 1. The van der Waals surface area contributed by atoms with Gasteiger partial charge >= 0.3 is 0 Å². The Kier molecular flexibility index (Phi) is 6.57. The summed E-state index contributed by atoms with van der Waals surface area (Å²) in [7, 11) is -3.97. The summed E-state index contributed by atoms with van der Waals surface area (Å²) in [6.07, 6.45) is 5.55. The Balaban J connectivity index is 1.76. The summed E-state index contributed by atoms with van der Waals surface area (Å²) in [6, 6.07) is 2.76. The molecule has 2 saturated carbocycles. The van der Waals surface area contributed by atoms with Crippen molar-refractivity contribution < 1.29 is 22.0 Å². The number of hydrogen-bond donors (Lipinski definition) is 2. The van der Waals surface area contributed by atoms with Gasteiger partial charge in [0.1, 0.15) is 0 Å². The molecule has 1 aromatic rings. The normalized spacial score (nSPS) is 28.1. The van der Waals surface area contributed by atoms with Crippen LogP contribution in [-0.4, -0.2) is 25.2 Å². The van der Waals surface area contributed by atoms with Crippen LogP contribution in [0.2, 0.25) is 0 Å². The van der Waals surface area contributed by atoms with E-state index in [1.54, 1.807) is 0 Å². The number of halogens is 2. The third kappa shape index (κ3) is 5.51. The van der Waals surface area contributed by atoms with Crippen molar-refractivity contribution in [3.8, 4) is 0 Å². The van der Waals surface area contributed by atoms with E-state index in [1.807, 2.05) is 0 Å². The Morgan fingerprint density at radius 2 is 1.97 bits per heavy atom. The van der Waals surface area contributed by atoms with E-state index in [-0.39, 0.29) is 41.5 Å². The standard InChI is InChI=1S/C20H29F2N3O3S/c1-2-13-3-4-16(14-5-8-20(21,22)9-6-14)17(11-13)19(26)25-15-7-10-24-18(12-15)29(23,27)28/h7,10,12-14,16-17H,2-6,8-9,11H2,1H3,(H2,23,27,28)(H,24,25,26)/t13-,16?,17+/m0/s1. The highest BCUT2D eigenvalue weighted by molar-refractivity contribution is 7.89. The van der Waals surface area contributed by atoms with Crippen molar-refractivity contribution in [2.45, 2.75) is 69.2 Å². The molecule has 1 heterocycles. The van der Waals surface area contributed by atoms with Crippen LogP contribution < -0.4 is 10.5 Å². The number of pyridine rings is 1. The lowest BCUT2D eigenvalue weighted by Crippen LogP contribution is -2.40. The molecule has 0 aliphatic heterocycles. The topological polar surface area (TPSA) is 102 Å². The van der Waals surface area contributed by atoms with Gasteiger partial charge in [0, 0.05) is 36.7 Å². The van der Waals surface area contributed by atoms with Gasteiger partial charge in [-0.1, -0.05) is 19.8 Å². The Morgan fingerprint density at radius 3 is 2.59 bits per heavy atom. The smallest absolute Gasteiger partial charge is 0.255 e. The van der Waals surface area contributed by atoms with Gasteiger partial charge in [-0.05, 0) is 49.5 Å². The van der Waals surface area contributed by atoms with E-state index >= 15 is 0 Å². The van der Waals surface area contributed by atoms with Crippen LogP contribution in [0.4, 0.5) is 14.5 Å². The first-order chi connectivity index (χ1) is 13.6. The Morgan fingerprint density at radius 1 is 1.28 bits per heavy atom. The van der Waals surface area contributed by atoms with Gasteiger partial charge in [-0.2, -0.15) is 0 Å². The monoisotopic (exact) mass is 429 g/mol. The van der Waals surface area contributed by atoms with Crippen LogP contribution in [-0.2, 0) is 14.8 Å². The van der Waals surface area contributed by atoms with Crippen LogP contribution in [0.3, 0.4) is 0 Å². The molecule has 9 heteroatoms. The van der Waals surface area contributed by atoms with Crippen LogP contribution in [0.15, 0.2) is 23.4 Å². The van der Waals surface area contributed by atoms with Gasteiger partial charge in [-0.3, -0.25) is 4.79 Å². The minimum Gasteiger partial charge on any atom is -0.326 e. The average molecular weight is 430 g/mol. The second kappa shape index (κ2) is 8.63. The van der Waals surface area contributed by atoms with Crippen molar-refractivity contribution in [1.29, 1.82) is 0 Å². The Labute approximate surface area is 170 Å². The summed E-state index contributed by atoms with van der Waals surface area (Å²) in [6.45, 7) is 2.10. The maximum atomic E-state index is 13.6. The minimum atomic E-state index is -3.97. The number of hydrogen-bond acceptors (Lipinski definition) is 4. The second-order valence-electron chi connectivity index (χ2n) is 8.47. The van der Waals surface area contributed by atoms with Crippen molar-refractivity contribution in [3.05, 3.63) is 18.3 Å². The number of nitrogens with zero attached hydrogens (tertiary/aromatic N) is 1. The lowest BCUT2D eigenvalue weighted by atomic mass is 9.64. The lowest BCUT2D eigenvalue weighted by Gasteiger charge is -2.42. The number of aromatic nitrogens is 1. The number of anilines is 1. The van der Waals surface area contributed by atoms with E-state index in [4.69, 9.17) is 5.14 Å². The number of nitrogens with two attached hydrogens (primary N) is 1. The predicted octanol–water partition coefficient (Wildman–Crippen LogP) is 3.94. The first-order valence-electron chi connectivity index (χ1n) is 10.3. The second-order valence-corrected chi connectivity index (χ2v) is 9.98. The van der Waals surface area contributed by atoms with E-state index in [1.165, 1.54) is 18.3 Å². The molecule has 3 rings (SSSR count). The SMILES string of the molecule is CC[C@H]1CCC(C2CCC(F)(F)CC2)[C@H](C(=O)Nc2ccnc(S(N)(=O)=O)c2)C1. The molecule has 0 radical (unpaired) electrons. The zero-order valence-electron chi connectivity index (χ0n) is 16.6. The third-order valence-corrected chi connectivity index (χ3v) is 7.39. The van der Waals surface area contributed by atoms with Crippen molar-refractivity contribution in [1.82, 2.24) is 4.98 Å². The van der Waals surface area contributed by atoms with Crippen LogP contribution in [0, 0.1) is 23.7 Å². The first-order valence-corrected chi connectivity index (χ1v) is 11.8. The first kappa shape index (κ1) is 22.1. The highest BCUT2D eigenvalue weighted by Crippen LogP contribution is 2.47. The molecule has 1 aromatic heterocycles. The van der Waals surface area contributed by atoms with Crippen LogP contribution in [0.25, 0.3) is 0 Å². The maximum Gasteiger partial charge on any atom is 0.255 e. The minimum absolute atomic E-state index is 0.0773. The molecule has 0 bridgehead atoms. The van der Waals surface area contributed by atoms with Gasteiger partial charge in [-0.25, -0.2) is 27.3 Å². The number of primary sulfonamides is 1. The van der Waals surface area contributed by atoms with Gasteiger partial charge in [0.25, 0.3) is 10.0 Å². The molecule has 29 heavy (non-hydrogen) atoms. The molecule has 2 aliphatic carbocycles. The van der Waals surface area contributed by atoms with Gasteiger partial charge in [0.2, 0.25) is 11.8 Å². The van der Waals surface area contributed by atoms with E-state index in [0.717, 1.165) is 25.7 Å². The van der Waals surface area contributed by atoms with Gasteiger partial charge in [-0.15, -0.1) is 0 Å². The van der Waals surface area contributed by atoms with E-state index < -0.39 is 15.9 Å². The molecular weight excluding hydrogens is 400 g/mol. The molecule has 6 nitrogen and oxygen atoms in total. The number of carbonyl (C=O) groups is 1. The van der Waals surface area contributed by atoms with Gasteiger partial charge < -0.3 is 5.32 Å². The predicted molar refractivity (Wildman–Crippen MR) is 106 cm³/mol.